The molecule has 0 unspecified atom stereocenters. The van der Waals surface area contributed by atoms with Gasteiger partial charge in [0, 0.05) is 6.20 Å². The van der Waals surface area contributed by atoms with Gasteiger partial charge in [-0.15, -0.1) is 0 Å². The molecule has 0 aliphatic heterocycles. The lowest BCUT2D eigenvalue weighted by Crippen LogP contribution is -2.05. The van der Waals surface area contributed by atoms with Crippen LogP contribution in [0.5, 0.6) is 0 Å². The lowest BCUT2D eigenvalue weighted by Gasteiger charge is -1.98. The third-order valence-corrected chi connectivity index (χ3v) is 3.20. The van der Waals surface area contributed by atoms with Gasteiger partial charge < -0.3 is 0 Å². The monoisotopic (exact) mass is 196 g/mol. The van der Waals surface area contributed by atoms with Gasteiger partial charge in [0.1, 0.15) is 6.07 Å². The summed E-state index contributed by atoms with van der Waals surface area (Å²) >= 11 is 0. The van der Waals surface area contributed by atoms with Crippen LogP contribution in [0.4, 0.5) is 0 Å². The van der Waals surface area contributed by atoms with Crippen LogP contribution >= 0.6 is 0 Å². The lowest BCUT2D eigenvalue weighted by atomic mass is 10.3. The van der Waals surface area contributed by atoms with Gasteiger partial charge >= 0.3 is 0 Å². The minimum Gasteiger partial charge on any atom is -0.243 e. The molecule has 0 aromatic carbocycles. The second-order valence-corrected chi connectivity index (χ2v) is 4.63. The first-order valence-corrected chi connectivity index (χ1v) is 5.34. The maximum absolute atomic E-state index is 11.3. The molecule has 1 aromatic rings. The van der Waals surface area contributed by atoms with Crippen LogP contribution < -0.4 is 0 Å². The average Bonchev–Trinajstić information content (AvgIpc) is 2.18. The normalized spacial score (nSPS) is 10.8. The van der Waals surface area contributed by atoms with Gasteiger partial charge in [-0.3, -0.25) is 0 Å². The van der Waals surface area contributed by atoms with Crippen molar-refractivity contribution in [2.45, 2.75) is 11.9 Å². The van der Waals surface area contributed by atoms with E-state index < -0.39 is 9.84 Å². The number of pyridine rings is 1. The molecule has 0 radical (unpaired) electrons. The Labute approximate surface area is 76.8 Å². The first kappa shape index (κ1) is 9.68. The highest BCUT2D eigenvalue weighted by molar-refractivity contribution is 7.91. The summed E-state index contributed by atoms with van der Waals surface area (Å²) in [6, 6.07) is 4.65. The number of nitriles is 1. The Balaban J connectivity index is 3.15. The summed E-state index contributed by atoms with van der Waals surface area (Å²) in [5, 5.41) is 8.47. The van der Waals surface area contributed by atoms with Crippen molar-refractivity contribution in [3.8, 4) is 6.07 Å². The van der Waals surface area contributed by atoms with Gasteiger partial charge in [0.05, 0.1) is 11.3 Å². The molecule has 0 aliphatic carbocycles. The molecule has 1 aromatic heterocycles. The van der Waals surface area contributed by atoms with Crippen molar-refractivity contribution < 1.29 is 8.42 Å². The minimum absolute atomic E-state index is 0.0197. The third-order valence-electron chi connectivity index (χ3n) is 1.56. The van der Waals surface area contributed by atoms with Crippen molar-refractivity contribution in [3.63, 3.8) is 0 Å². The molecule has 0 N–H and O–H groups in total. The second-order valence-electron chi connectivity index (χ2n) is 2.40. The van der Waals surface area contributed by atoms with Crippen LogP contribution in [0.3, 0.4) is 0 Å². The standard InChI is InChI=1S/C8H8N2O2S/c1-2-13(11,12)8-4-3-7(5-9)6-10-8/h3-4,6H,2H2,1H3. The summed E-state index contributed by atoms with van der Waals surface area (Å²) in [4.78, 5) is 3.68. The van der Waals surface area contributed by atoms with E-state index in [4.69, 9.17) is 5.26 Å². The number of sulfone groups is 1. The number of hydrogen-bond donors (Lipinski definition) is 0. The number of hydrogen-bond acceptors (Lipinski definition) is 4. The van der Waals surface area contributed by atoms with Gasteiger partial charge in [-0.1, -0.05) is 6.92 Å². The third kappa shape index (κ3) is 2.04. The Hall–Kier alpha value is -1.41. The van der Waals surface area contributed by atoms with Gasteiger partial charge in [-0.2, -0.15) is 5.26 Å². The van der Waals surface area contributed by atoms with Crippen LogP contribution in [0, 0.1) is 11.3 Å². The van der Waals surface area contributed by atoms with Gasteiger partial charge in [0.25, 0.3) is 0 Å². The maximum Gasteiger partial charge on any atom is 0.195 e. The predicted octanol–water partition coefficient (Wildman–Crippen LogP) is 0.747. The molecule has 0 amide bonds. The molecule has 0 saturated heterocycles. The Morgan fingerprint density at radius 3 is 2.62 bits per heavy atom. The highest BCUT2D eigenvalue weighted by Gasteiger charge is 2.12. The number of nitrogens with zero attached hydrogens (tertiary/aromatic N) is 2. The van der Waals surface area contributed by atoms with E-state index in [2.05, 4.69) is 4.98 Å². The molecule has 0 atom stereocenters. The van der Waals surface area contributed by atoms with Gasteiger partial charge in [0.15, 0.2) is 14.9 Å². The van der Waals surface area contributed by atoms with E-state index >= 15 is 0 Å². The summed E-state index contributed by atoms with van der Waals surface area (Å²) in [6.45, 7) is 1.55. The van der Waals surface area contributed by atoms with Crippen LogP contribution in [0.25, 0.3) is 0 Å². The molecule has 0 saturated carbocycles. The van der Waals surface area contributed by atoms with Crippen LogP contribution in [-0.2, 0) is 9.84 Å². The molecule has 13 heavy (non-hydrogen) atoms. The molecule has 4 nitrogen and oxygen atoms in total. The summed E-state index contributed by atoms with van der Waals surface area (Å²) in [5.41, 5.74) is 0.357. The number of rotatable bonds is 2. The van der Waals surface area contributed by atoms with E-state index in [0.29, 0.717) is 5.56 Å². The molecule has 1 heterocycles. The Morgan fingerprint density at radius 1 is 1.54 bits per heavy atom. The molecule has 0 spiro atoms. The lowest BCUT2D eigenvalue weighted by molar-refractivity contribution is 0.593. The summed E-state index contributed by atoms with van der Waals surface area (Å²) in [6.07, 6.45) is 1.25. The molecule has 5 heteroatoms. The fourth-order valence-electron chi connectivity index (χ4n) is 0.778. The number of aromatic nitrogens is 1. The van der Waals surface area contributed by atoms with E-state index in [0.717, 1.165) is 0 Å². The molecular weight excluding hydrogens is 188 g/mol. The van der Waals surface area contributed by atoms with E-state index in [-0.39, 0.29) is 10.8 Å². The highest BCUT2D eigenvalue weighted by Crippen LogP contribution is 2.07. The molecule has 1 rings (SSSR count). The van der Waals surface area contributed by atoms with Gasteiger partial charge in [-0.25, -0.2) is 13.4 Å². The molecule has 0 aliphatic rings. The van der Waals surface area contributed by atoms with Gasteiger partial charge in [-0.05, 0) is 12.1 Å². The average molecular weight is 196 g/mol. The fourth-order valence-corrected chi connectivity index (χ4v) is 1.56. The largest absolute Gasteiger partial charge is 0.243 e. The minimum atomic E-state index is -3.24. The van der Waals surface area contributed by atoms with E-state index in [1.165, 1.54) is 18.3 Å². The van der Waals surface area contributed by atoms with E-state index in [1.54, 1.807) is 6.92 Å². The van der Waals surface area contributed by atoms with E-state index in [9.17, 15) is 8.42 Å². The zero-order valence-electron chi connectivity index (χ0n) is 7.06. The topological polar surface area (TPSA) is 70.8 Å². The van der Waals surface area contributed by atoms with Crippen molar-refractivity contribution in [2.75, 3.05) is 5.75 Å². The zero-order valence-corrected chi connectivity index (χ0v) is 7.87. The fraction of sp³-hybridized carbons (Fsp3) is 0.250. The Morgan fingerprint density at radius 2 is 2.23 bits per heavy atom. The SMILES string of the molecule is CCS(=O)(=O)c1ccc(C#N)cn1. The summed E-state index contributed by atoms with van der Waals surface area (Å²) < 4.78 is 22.5. The van der Waals surface area contributed by atoms with Crippen LogP contribution in [-0.4, -0.2) is 19.2 Å². The zero-order chi connectivity index (χ0) is 9.90. The second kappa shape index (κ2) is 3.54. The molecule has 0 fully saturated rings. The summed E-state index contributed by atoms with van der Waals surface area (Å²) in [7, 11) is -3.24. The van der Waals surface area contributed by atoms with Crippen LogP contribution in [0.2, 0.25) is 0 Å². The van der Waals surface area contributed by atoms with Crippen molar-refractivity contribution in [2.24, 2.45) is 0 Å². The molecule has 68 valence electrons. The first-order valence-electron chi connectivity index (χ1n) is 3.69. The van der Waals surface area contributed by atoms with E-state index in [1.807, 2.05) is 6.07 Å². The van der Waals surface area contributed by atoms with Crippen molar-refractivity contribution in [1.82, 2.24) is 4.98 Å². The highest BCUT2D eigenvalue weighted by atomic mass is 32.2. The van der Waals surface area contributed by atoms with Crippen LogP contribution in [0.15, 0.2) is 23.4 Å². The van der Waals surface area contributed by atoms with Crippen molar-refractivity contribution >= 4 is 9.84 Å². The van der Waals surface area contributed by atoms with Crippen LogP contribution in [0.1, 0.15) is 12.5 Å². The quantitative estimate of drug-likeness (QED) is 0.699. The molecule has 0 bridgehead atoms. The molecular formula is C8H8N2O2S. The van der Waals surface area contributed by atoms with Crippen molar-refractivity contribution in [1.29, 1.82) is 5.26 Å². The summed E-state index contributed by atoms with van der Waals surface area (Å²) in [5.74, 6) is 0.0197. The van der Waals surface area contributed by atoms with Gasteiger partial charge in [0.2, 0.25) is 0 Å². The maximum atomic E-state index is 11.3. The Bertz CT molecular complexity index is 428. The van der Waals surface area contributed by atoms with Crippen molar-refractivity contribution in [3.05, 3.63) is 23.9 Å². The smallest absolute Gasteiger partial charge is 0.195 e. The predicted molar refractivity (Wildman–Crippen MR) is 46.7 cm³/mol. The first-order chi connectivity index (χ1) is 6.10. The Kier molecular flexibility index (Phi) is 2.63.